The van der Waals surface area contributed by atoms with E-state index in [-0.39, 0.29) is 34.0 Å². The lowest BCUT2D eigenvalue weighted by molar-refractivity contribution is 0.0722. The van der Waals surface area contributed by atoms with Crippen LogP contribution in [0.3, 0.4) is 0 Å². The summed E-state index contributed by atoms with van der Waals surface area (Å²) in [5.74, 6) is -0.623. The highest BCUT2D eigenvalue weighted by Gasteiger charge is 2.31. The van der Waals surface area contributed by atoms with E-state index in [9.17, 15) is 17.6 Å². The van der Waals surface area contributed by atoms with E-state index >= 15 is 0 Å². The smallest absolute Gasteiger partial charge is 0.255 e. The van der Waals surface area contributed by atoms with E-state index < -0.39 is 9.84 Å². The molecule has 3 aromatic rings. The van der Waals surface area contributed by atoms with Crippen molar-refractivity contribution in [2.75, 3.05) is 30.3 Å². The molecule has 0 saturated carbocycles. The van der Waals surface area contributed by atoms with Crippen LogP contribution in [-0.2, 0) is 9.84 Å². The third kappa shape index (κ3) is 3.79. The van der Waals surface area contributed by atoms with Crippen LogP contribution in [0.4, 0.5) is 9.52 Å². The molecule has 30 heavy (non-hydrogen) atoms. The van der Waals surface area contributed by atoms with Gasteiger partial charge in [0.1, 0.15) is 5.82 Å². The predicted octanol–water partition coefficient (Wildman–Crippen LogP) is 3.58. The number of amides is 1. The molecule has 6 nitrogen and oxygen atoms in total. The van der Waals surface area contributed by atoms with Gasteiger partial charge in [-0.15, -0.1) is 0 Å². The minimum Gasteiger partial charge on any atom is -0.342 e. The molecule has 1 atom stereocenters. The first-order valence-corrected chi connectivity index (χ1v) is 12.2. The fraction of sp³-hybridized carbons (Fsp3) is 0.333. The number of halogens is 1. The molecular weight excluding hydrogens is 425 g/mol. The van der Waals surface area contributed by atoms with Gasteiger partial charge in [-0.05, 0) is 37.3 Å². The highest BCUT2D eigenvalue weighted by Crippen LogP contribution is 2.32. The van der Waals surface area contributed by atoms with Crippen molar-refractivity contribution < 1.29 is 17.6 Å². The lowest BCUT2D eigenvalue weighted by atomic mass is 10.1. The molecule has 1 aliphatic rings. The Morgan fingerprint density at radius 2 is 2.00 bits per heavy atom. The maximum Gasteiger partial charge on any atom is 0.255 e. The standard InChI is InChI=1S/C21H22FN3O3S2/c1-3-30(27,28)19-7-5-4-6-16(19)20(26)24-10-11-25(14(2)13-24)21-23-17-9-8-15(22)12-18(17)29-21/h4-9,12,14H,3,10-11,13H2,1-2H3/t14-/m0/s1. The van der Waals surface area contributed by atoms with Gasteiger partial charge in [-0.1, -0.05) is 30.4 Å². The van der Waals surface area contributed by atoms with E-state index in [2.05, 4.69) is 9.88 Å². The van der Waals surface area contributed by atoms with E-state index in [1.165, 1.54) is 29.5 Å². The molecule has 1 fully saturated rings. The molecule has 0 unspecified atom stereocenters. The summed E-state index contributed by atoms with van der Waals surface area (Å²) < 4.78 is 39.1. The van der Waals surface area contributed by atoms with Gasteiger partial charge >= 0.3 is 0 Å². The van der Waals surface area contributed by atoms with E-state index in [0.29, 0.717) is 19.6 Å². The minimum absolute atomic E-state index is 0.0111. The maximum atomic E-state index is 13.5. The largest absolute Gasteiger partial charge is 0.342 e. The molecule has 0 N–H and O–H groups in total. The third-order valence-corrected chi connectivity index (χ3v) is 8.17. The zero-order valence-electron chi connectivity index (χ0n) is 16.7. The summed E-state index contributed by atoms with van der Waals surface area (Å²) in [4.78, 5) is 21.6. The third-order valence-electron chi connectivity index (χ3n) is 5.33. The van der Waals surface area contributed by atoms with Gasteiger partial charge in [0, 0.05) is 25.7 Å². The van der Waals surface area contributed by atoms with Gasteiger partial charge in [-0.3, -0.25) is 4.79 Å². The first-order valence-electron chi connectivity index (χ1n) is 9.74. The number of rotatable bonds is 4. The van der Waals surface area contributed by atoms with Crippen molar-refractivity contribution in [3.63, 3.8) is 0 Å². The van der Waals surface area contributed by atoms with Gasteiger partial charge < -0.3 is 9.80 Å². The summed E-state index contributed by atoms with van der Waals surface area (Å²) >= 11 is 1.43. The SMILES string of the molecule is CCS(=O)(=O)c1ccccc1C(=O)N1CCN(c2nc3ccc(F)cc3s2)[C@@H](C)C1. The molecule has 2 heterocycles. The molecule has 1 aliphatic heterocycles. The highest BCUT2D eigenvalue weighted by atomic mass is 32.2. The van der Waals surface area contributed by atoms with E-state index in [1.807, 2.05) is 6.92 Å². The number of nitrogens with zero attached hydrogens (tertiary/aromatic N) is 3. The number of aromatic nitrogens is 1. The summed E-state index contributed by atoms with van der Waals surface area (Å²) in [5.41, 5.74) is 0.969. The van der Waals surface area contributed by atoms with Crippen LogP contribution < -0.4 is 4.90 Å². The van der Waals surface area contributed by atoms with Crippen molar-refractivity contribution >= 4 is 42.4 Å². The monoisotopic (exact) mass is 447 g/mol. The Hall–Kier alpha value is -2.52. The summed E-state index contributed by atoms with van der Waals surface area (Å²) in [7, 11) is -3.50. The predicted molar refractivity (Wildman–Crippen MR) is 116 cm³/mol. The molecule has 0 aliphatic carbocycles. The van der Waals surface area contributed by atoms with Crippen molar-refractivity contribution in [2.45, 2.75) is 24.8 Å². The van der Waals surface area contributed by atoms with Crippen LogP contribution in [0.25, 0.3) is 10.2 Å². The zero-order chi connectivity index (χ0) is 21.5. The van der Waals surface area contributed by atoms with Gasteiger partial charge in [0.05, 0.1) is 26.4 Å². The summed E-state index contributed by atoms with van der Waals surface area (Å²) in [6.07, 6.45) is 0. The summed E-state index contributed by atoms with van der Waals surface area (Å²) in [6, 6.07) is 10.9. The summed E-state index contributed by atoms with van der Waals surface area (Å²) in [6.45, 7) is 5.04. The Kier molecular flexibility index (Phi) is 5.50. The molecule has 9 heteroatoms. The number of fused-ring (bicyclic) bond motifs is 1. The maximum absolute atomic E-state index is 13.5. The average Bonchev–Trinajstić information content (AvgIpc) is 3.15. The highest BCUT2D eigenvalue weighted by molar-refractivity contribution is 7.91. The van der Waals surface area contributed by atoms with E-state index in [0.717, 1.165) is 15.3 Å². The molecule has 158 valence electrons. The lowest BCUT2D eigenvalue weighted by Crippen LogP contribution is -2.54. The van der Waals surface area contributed by atoms with Crippen molar-refractivity contribution in [1.82, 2.24) is 9.88 Å². The molecule has 1 saturated heterocycles. The normalized spacial score (nSPS) is 17.5. The van der Waals surface area contributed by atoms with E-state index in [1.54, 1.807) is 36.1 Å². The molecular formula is C21H22FN3O3S2. The van der Waals surface area contributed by atoms with Crippen LogP contribution in [0.2, 0.25) is 0 Å². The van der Waals surface area contributed by atoms with Gasteiger partial charge in [0.15, 0.2) is 15.0 Å². The fourth-order valence-corrected chi connectivity index (χ4v) is 5.88. The number of carbonyl (C=O) groups is 1. The number of hydrogen-bond donors (Lipinski definition) is 0. The molecule has 0 radical (unpaired) electrons. The van der Waals surface area contributed by atoms with Crippen molar-refractivity contribution in [3.8, 4) is 0 Å². The van der Waals surface area contributed by atoms with E-state index in [4.69, 9.17) is 0 Å². The second-order valence-corrected chi connectivity index (χ2v) is 10.6. The van der Waals surface area contributed by atoms with Gasteiger partial charge in [-0.2, -0.15) is 0 Å². The number of sulfone groups is 1. The Bertz CT molecular complexity index is 1210. The van der Waals surface area contributed by atoms with Crippen molar-refractivity contribution in [3.05, 3.63) is 53.8 Å². The average molecular weight is 448 g/mol. The molecule has 0 bridgehead atoms. The lowest BCUT2D eigenvalue weighted by Gasteiger charge is -2.40. The topological polar surface area (TPSA) is 70.6 Å². The van der Waals surface area contributed by atoms with Gasteiger partial charge in [0.2, 0.25) is 0 Å². The van der Waals surface area contributed by atoms with Crippen molar-refractivity contribution in [2.24, 2.45) is 0 Å². The Labute approximate surface area is 178 Å². The number of benzene rings is 2. The molecule has 4 rings (SSSR count). The molecule has 1 amide bonds. The molecule has 2 aromatic carbocycles. The van der Waals surface area contributed by atoms with Crippen LogP contribution in [0.15, 0.2) is 47.4 Å². The quantitative estimate of drug-likeness (QED) is 0.611. The second-order valence-electron chi connectivity index (χ2n) is 7.30. The second kappa shape index (κ2) is 7.96. The van der Waals surface area contributed by atoms with Crippen LogP contribution in [0, 0.1) is 5.82 Å². The Balaban J connectivity index is 1.55. The molecule has 1 aromatic heterocycles. The number of hydrogen-bond acceptors (Lipinski definition) is 6. The first-order chi connectivity index (χ1) is 14.3. The Morgan fingerprint density at radius 3 is 2.73 bits per heavy atom. The van der Waals surface area contributed by atoms with Gasteiger partial charge in [0.25, 0.3) is 5.91 Å². The number of anilines is 1. The molecule has 0 spiro atoms. The Morgan fingerprint density at radius 1 is 1.23 bits per heavy atom. The van der Waals surface area contributed by atoms with Crippen LogP contribution in [0.1, 0.15) is 24.2 Å². The number of carbonyl (C=O) groups excluding carboxylic acids is 1. The van der Waals surface area contributed by atoms with Crippen LogP contribution in [0.5, 0.6) is 0 Å². The minimum atomic E-state index is -3.50. The van der Waals surface area contributed by atoms with Crippen molar-refractivity contribution in [1.29, 1.82) is 0 Å². The zero-order valence-corrected chi connectivity index (χ0v) is 18.3. The van der Waals surface area contributed by atoms with Gasteiger partial charge in [-0.25, -0.2) is 17.8 Å². The first kappa shape index (κ1) is 20.7. The number of thiazole rings is 1. The number of piperazine rings is 1. The van der Waals surface area contributed by atoms with Crippen LogP contribution in [-0.4, -0.2) is 55.6 Å². The summed E-state index contributed by atoms with van der Waals surface area (Å²) in [5, 5.41) is 0.796. The van der Waals surface area contributed by atoms with Crippen LogP contribution >= 0.6 is 11.3 Å². The fourth-order valence-electron chi connectivity index (χ4n) is 3.68.